The lowest BCUT2D eigenvalue weighted by atomic mass is 10.2. The molecule has 1 heterocycles. The lowest BCUT2D eigenvalue weighted by molar-refractivity contribution is -0.137. The maximum Gasteiger partial charge on any atom is 0.416 e. The molecule has 0 N–H and O–H groups in total. The molecular weight excluding hydrogens is 319 g/mol. The maximum atomic E-state index is 12.7. The van der Waals surface area contributed by atoms with Crippen LogP contribution in [0.4, 0.5) is 18.9 Å². The second-order valence-corrected chi connectivity index (χ2v) is 6.75. The SMILES string of the molecule is O=S(=O)(Cl)c1cc(C(F)(F)F)ccc1N1CCOCC1. The van der Waals surface area contributed by atoms with E-state index in [1.54, 1.807) is 4.90 Å². The first kappa shape index (κ1) is 15.4. The van der Waals surface area contributed by atoms with Crippen LogP contribution in [0.25, 0.3) is 0 Å². The molecular formula is C11H11ClF3NO3S. The fourth-order valence-electron chi connectivity index (χ4n) is 1.95. The van der Waals surface area contributed by atoms with Crippen LogP contribution in [0.2, 0.25) is 0 Å². The van der Waals surface area contributed by atoms with Gasteiger partial charge in [-0.15, -0.1) is 0 Å². The summed E-state index contributed by atoms with van der Waals surface area (Å²) in [6.07, 6.45) is -4.63. The number of benzene rings is 1. The van der Waals surface area contributed by atoms with E-state index in [1.807, 2.05) is 0 Å². The molecule has 0 bridgehead atoms. The summed E-state index contributed by atoms with van der Waals surface area (Å²) in [5, 5.41) is 0. The summed E-state index contributed by atoms with van der Waals surface area (Å²) in [6.45, 7) is 1.54. The van der Waals surface area contributed by atoms with Crippen LogP contribution >= 0.6 is 10.7 Å². The van der Waals surface area contributed by atoms with E-state index >= 15 is 0 Å². The molecule has 9 heteroatoms. The van der Waals surface area contributed by atoms with Gasteiger partial charge in [0, 0.05) is 23.8 Å². The first-order valence-corrected chi connectivity index (χ1v) is 7.99. The smallest absolute Gasteiger partial charge is 0.378 e. The Balaban J connectivity index is 2.51. The van der Waals surface area contributed by atoms with Gasteiger partial charge in [0.2, 0.25) is 0 Å². The molecule has 1 aliphatic heterocycles. The average molecular weight is 330 g/mol. The van der Waals surface area contributed by atoms with Crippen molar-refractivity contribution >= 4 is 25.4 Å². The molecule has 0 atom stereocenters. The summed E-state index contributed by atoms with van der Waals surface area (Å²) in [7, 11) is 0.976. The highest BCUT2D eigenvalue weighted by Crippen LogP contribution is 2.36. The zero-order valence-corrected chi connectivity index (χ0v) is 11.7. The molecule has 0 amide bonds. The number of alkyl halides is 3. The van der Waals surface area contributed by atoms with Crippen LogP contribution in [0.1, 0.15) is 5.56 Å². The number of hydrogen-bond donors (Lipinski definition) is 0. The Morgan fingerprint density at radius 2 is 1.80 bits per heavy atom. The molecule has 0 spiro atoms. The van der Waals surface area contributed by atoms with E-state index in [0.717, 1.165) is 12.1 Å². The van der Waals surface area contributed by atoms with Crippen LogP contribution in [-0.4, -0.2) is 34.7 Å². The largest absolute Gasteiger partial charge is 0.416 e. The first-order valence-electron chi connectivity index (χ1n) is 5.68. The Morgan fingerprint density at radius 1 is 1.20 bits per heavy atom. The van der Waals surface area contributed by atoms with Gasteiger partial charge in [-0.05, 0) is 18.2 Å². The molecule has 0 saturated carbocycles. The predicted octanol–water partition coefficient (Wildman–Crippen LogP) is 2.47. The third-order valence-corrected chi connectivity index (χ3v) is 4.25. The molecule has 0 unspecified atom stereocenters. The van der Waals surface area contributed by atoms with Gasteiger partial charge in [0.05, 0.1) is 24.5 Å². The van der Waals surface area contributed by atoms with Crippen molar-refractivity contribution in [3.05, 3.63) is 23.8 Å². The van der Waals surface area contributed by atoms with Crippen LogP contribution in [0.15, 0.2) is 23.1 Å². The van der Waals surface area contributed by atoms with Gasteiger partial charge in [0.15, 0.2) is 0 Å². The minimum atomic E-state index is -4.63. The summed E-state index contributed by atoms with van der Waals surface area (Å²) in [6, 6.07) is 2.53. The number of hydrogen-bond acceptors (Lipinski definition) is 4. The van der Waals surface area contributed by atoms with E-state index < -0.39 is 25.7 Å². The summed E-state index contributed by atoms with van der Waals surface area (Å²) < 4.78 is 66.1. The quantitative estimate of drug-likeness (QED) is 0.782. The molecule has 1 saturated heterocycles. The Hall–Kier alpha value is -0.990. The van der Waals surface area contributed by atoms with Gasteiger partial charge in [0.25, 0.3) is 9.05 Å². The Morgan fingerprint density at radius 3 is 2.30 bits per heavy atom. The average Bonchev–Trinajstić information content (AvgIpc) is 2.37. The van der Waals surface area contributed by atoms with Crippen molar-refractivity contribution in [1.82, 2.24) is 0 Å². The number of halogens is 4. The van der Waals surface area contributed by atoms with Crippen molar-refractivity contribution in [2.75, 3.05) is 31.2 Å². The topological polar surface area (TPSA) is 46.6 Å². The Labute approximate surface area is 118 Å². The van der Waals surface area contributed by atoms with Crippen molar-refractivity contribution in [3.63, 3.8) is 0 Å². The van der Waals surface area contributed by atoms with E-state index in [0.29, 0.717) is 32.4 Å². The van der Waals surface area contributed by atoms with Crippen LogP contribution in [-0.2, 0) is 20.0 Å². The lowest BCUT2D eigenvalue weighted by Crippen LogP contribution is -2.37. The third kappa shape index (κ3) is 3.36. The fraction of sp³-hybridized carbons (Fsp3) is 0.455. The molecule has 0 aromatic heterocycles. The molecule has 0 radical (unpaired) electrons. The molecule has 112 valence electrons. The van der Waals surface area contributed by atoms with Gasteiger partial charge >= 0.3 is 6.18 Å². The minimum Gasteiger partial charge on any atom is -0.378 e. The highest BCUT2D eigenvalue weighted by Gasteiger charge is 2.33. The van der Waals surface area contributed by atoms with E-state index in [4.69, 9.17) is 15.4 Å². The highest BCUT2D eigenvalue weighted by molar-refractivity contribution is 8.13. The third-order valence-electron chi connectivity index (χ3n) is 2.90. The molecule has 0 aliphatic carbocycles. The summed E-state index contributed by atoms with van der Waals surface area (Å²) >= 11 is 0. The minimum absolute atomic E-state index is 0.163. The second-order valence-electron chi connectivity index (χ2n) is 4.22. The van der Waals surface area contributed by atoms with Gasteiger partial charge in [-0.25, -0.2) is 8.42 Å². The molecule has 1 aliphatic rings. The number of ether oxygens (including phenoxy) is 1. The predicted molar refractivity (Wildman–Crippen MR) is 67.5 cm³/mol. The van der Waals surface area contributed by atoms with Crippen molar-refractivity contribution in [1.29, 1.82) is 0 Å². The van der Waals surface area contributed by atoms with E-state index in [-0.39, 0.29) is 5.69 Å². The number of rotatable bonds is 2. The van der Waals surface area contributed by atoms with Gasteiger partial charge in [-0.2, -0.15) is 13.2 Å². The first-order chi connectivity index (χ1) is 9.19. The van der Waals surface area contributed by atoms with Gasteiger partial charge in [-0.1, -0.05) is 0 Å². The zero-order chi connectivity index (χ0) is 15.0. The maximum absolute atomic E-state index is 12.7. The van der Waals surface area contributed by atoms with Crippen molar-refractivity contribution < 1.29 is 26.3 Å². The lowest BCUT2D eigenvalue weighted by Gasteiger charge is -2.30. The van der Waals surface area contributed by atoms with E-state index in [1.165, 1.54) is 0 Å². The molecule has 1 fully saturated rings. The van der Waals surface area contributed by atoms with Crippen molar-refractivity contribution in [2.45, 2.75) is 11.1 Å². The van der Waals surface area contributed by atoms with Crippen LogP contribution in [0, 0.1) is 0 Å². The highest BCUT2D eigenvalue weighted by atomic mass is 35.7. The van der Waals surface area contributed by atoms with Gasteiger partial charge in [0.1, 0.15) is 4.90 Å². The molecule has 1 aromatic rings. The summed E-state index contributed by atoms with van der Waals surface area (Å²) in [4.78, 5) is 1.11. The monoisotopic (exact) mass is 329 g/mol. The molecule has 4 nitrogen and oxygen atoms in total. The normalized spacial score (nSPS) is 17.3. The van der Waals surface area contributed by atoms with Crippen molar-refractivity contribution in [3.8, 4) is 0 Å². The van der Waals surface area contributed by atoms with Crippen LogP contribution in [0.5, 0.6) is 0 Å². The van der Waals surface area contributed by atoms with Crippen LogP contribution < -0.4 is 4.90 Å². The molecule has 2 rings (SSSR count). The van der Waals surface area contributed by atoms with Gasteiger partial charge < -0.3 is 9.64 Å². The zero-order valence-electron chi connectivity index (χ0n) is 10.2. The van der Waals surface area contributed by atoms with Crippen molar-refractivity contribution in [2.24, 2.45) is 0 Å². The second kappa shape index (κ2) is 5.42. The van der Waals surface area contributed by atoms with Gasteiger partial charge in [-0.3, -0.25) is 0 Å². The summed E-state index contributed by atoms with van der Waals surface area (Å²) in [5.41, 5.74) is -0.884. The standard InChI is InChI=1S/C11H11ClF3NO3S/c12-20(17,18)10-7-8(11(13,14)15)1-2-9(10)16-3-5-19-6-4-16/h1-2,7H,3-6H2. The number of anilines is 1. The fourth-order valence-corrected chi connectivity index (χ4v) is 3.04. The Kier molecular flexibility index (Phi) is 4.17. The summed E-state index contributed by atoms with van der Waals surface area (Å²) in [5.74, 6) is 0. The Bertz CT molecular complexity index is 597. The van der Waals surface area contributed by atoms with E-state index in [9.17, 15) is 21.6 Å². The molecule has 20 heavy (non-hydrogen) atoms. The number of nitrogens with zero attached hydrogens (tertiary/aromatic N) is 1. The van der Waals surface area contributed by atoms with E-state index in [2.05, 4.69) is 0 Å². The number of morpholine rings is 1. The molecule has 1 aromatic carbocycles. The van der Waals surface area contributed by atoms with Crippen LogP contribution in [0.3, 0.4) is 0 Å².